The Bertz CT molecular complexity index is 464. The number of nitrogens with zero attached hydrogens (tertiary/aromatic N) is 5. The molecule has 0 spiro atoms. The highest BCUT2D eigenvalue weighted by Crippen LogP contribution is 2.06. The van der Waals surface area contributed by atoms with E-state index in [4.69, 9.17) is 0 Å². The molecule has 0 unspecified atom stereocenters. The number of aryl methyl sites for hydroxylation is 1. The van der Waals surface area contributed by atoms with E-state index in [-0.39, 0.29) is 5.91 Å². The van der Waals surface area contributed by atoms with Gasteiger partial charge in [-0.2, -0.15) is 0 Å². The average molecular weight is 291 g/mol. The number of carbonyl (C=O) groups excluding carboxylic acids is 1. The first-order valence-electron chi connectivity index (χ1n) is 7.61. The Hall–Kier alpha value is -1.69. The molecule has 21 heavy (non-hydrogen) atoms. The van der Waals surface area contributed by atoms with E-state index >= 15 is 0 Å². The molecular weight excluding hydrogens is 266 g/mol. The number of hydrogen-bond acceptors (Lipinski definition) is 4. The zero-order valence-electron chi connectivity index (χ0n) is 13.0. The number of allylic oxidation sites excluding steroid dienone is 1. The number of hydrogen-bond donors (Lipinski definition) is 0. The topological polar surface area (TPSA) is 54.3 Å². The molecule has 6 nitrogen and oxygen atoms in total. The molecule has 0 bridgehead atoms. The third-order valence-electron chi connectivity index (χ3n) is 3.75. The highest BCUT2D eigenvalue weighted by Gasteiger charge is 2.18. The average Bonchev–Trinajstić information content (AvgIpc) is 2.86. The third-order valence-corrected chi connectivity index (χ3v) is 3.75. The van der Waals surface area contributed by atoms with Crippen LogP contribution in [0.3, 0.4) is 0 Å². The van der Waals surface area contributed by atoms with Crippen LogP contribution in [0.5, 0.6) is 0 Å². The summed E-state index contributed by atoms with van der Waals surface area (Å²) in [7, 11) is 0. The quantitative estimate of drug-likeness (QED) is 0.764. The standard InChI is InChI=1S/C15H25N5O/c1-14(2)4-8-18-6-3-7-20(11-10-18)15(21)5-9-19-12-16-17-13-19/h4,12-13H,3,5-11H2,1-2H3. The Labute approximate surface area is 126 Å². The van der Waals surface area contributed by atoms with Gasteiger partial charge in [0.2, 0.25) is 5.91 Å². The van der Waals surface area contributed by atoms with E-state index in [2.05, 4.69) is 35.0 Å². The van der Waals surface area contributed by atoms with Gasteiger partial charge in [-0.15, -0.1) is 10.2 Å². The second-order valence-corrected chi connectivity index (χ2v) is 5.77. The first-order valence-corrected chi connectivity index (χ1v) is 7.61. The second-order valence-electron chi connectivity index (χ2n) is 5.77. The first kappa shape index (κ1) is 15.7. The maximum atomic E-state index is 12.3. The van der Waals surface area contributed by atoms with Crippen LogP contribution in [0.1, 0.15) is 26.7 Å². The largest absolute Gasteiger partial charge is 0.341 e. The summed E-state index contributed by atoms with van der Waals surface area (Å²) in [5, 5.41) is 7.50. The molecule has 1 amide bonds. The van der Waals surface area contributed by atoms with Gasteiger partial charge in [-0.3, -0.25) is 9.69 Å². The third kappa shape index (κ3) is 5.30. The number of rotatable bonds is 5. The summed E-state index contributed by atoms with van der Waals surface area (Å²) < 4.78 is 1.84. The van der Waals surface area contributed by atoms with Crippen LogP contribution >= 0.6 is 0 Å². The SMILES string of the molecule is CC(C)=CCN1CCCN(C(=O)CCn2cnnc2)CC1. The summed E-state index contributed by atoms with van der Waals surface area (Å²) in [5.74, 6) is 0.229. The number of carbonyl (C=O) groups is 1. The van der Waals surface area contributed by atoms with Crippen LogP contribution in [0.15, 0.2) is 24.3 Å². The van der Waals surface area contributed by atoms with Crippen LogP contribution in [-0.4, -0.2) is 63.2 Å². The molecule has 1 aliphatic heterocycles. The molecule has 1 aromatic heterocycles. The van der Waals surface area contributed by atoms with Crippen molar-refractivity contribution >= 4 is 5.91 Å². The van der Waals surface area contributed by atoms with E-state index in [1.54, 1.807) is 12.7 Å². The lowest BCUT2D eigenvalue weighted by molar-refractivity contribution is -0.131. The fraction of sp³-hybridized carbons (Fsp3) is 0.667. The van der Waals surface area contributed by atoms with E-state index in [0.717, 1.165) is 39.1 Å². The van der Waals surface area contributed by atoms with Crippen molar-refractivity contribution in [2.45, 2.75) is 33.2 Å². The minimum Gasteiger partial charge on any atom is -0.341 e. The summed E-state index contributed by atoms with van der Waals surface area (Å²) in [5.41, 5.74) is 1.35. The molecule has 2 heterocycles. The van der Waals surface area contributed by atoms with Crippen LogP contribution in [0.2, 0.25) is 0 Å². The van der Waals surface area contributed by atoms with Crippen LogP contribution in [0, 0.1) is 0 Å². The van der Waals surface area contributed by atoms with Crippen LogP contribution in [0.25, 0.3) is 0 Å². The van der Waals surface area contributed by atoms with Crippen LogP contribution in [0.4, 0.5) is 0 Å². The molecule has 1 aliphatic rings. The number of amides is 1. The van der Waals surface area contributed by atoms with Crippen molar-refractivity contribution in [3.63, 3.8) is 0 Å². The molecule has 2 rings (SSSR count). The molecule has 1 saturated heterocycles. The van der Waals surface area contributed by atoms with Crippen molar-refractivity contribution in [3.8, 4) is 0 Å². The molecule has 0 aliphatic carbocycles. The van der Waals surface area contributed by atoms with Gasteiger partial charge >= 0.3 is 0 Å². The predicted octanol–water partition coefficient (Wildman–Crippen LogP) is 1.17. The van der Waals surface area contributed by atoms with Crippen LogP contribution < -0.4 is 0 Å². The zero-order chi connectivity index (χ0) is 15.1. The second kappa shape index (κ2) is 7.93. The van der Waals surface area contributed by atoms with Crippen molar-refractivity contribution in [1.82, 2.24) is 24.6 Å². The van der Waals surface area contributed by atoms with Gasteiger partial charge < -0.3 is 9.47 Å². The van der Waals surface area contributed by atoms with E-state index < -0.39 is 0 Å². The lowest BCUT2D eigenvalue weighted by Gasteiger charge is -2.21. The Morgan fingerprint density at radius 2 is 1.90 bits per heavy atom. The molecular formula is C15H25N5O. The molecule has 0 N–H and O–H groups in total. The first-order chi connectivity index (χ1) is 10.1. The minimum absolute atomic E-state index is 0.229. The lowest BCUT2D eigenvalue weighted by atomic mass is 10.3. The van der Waals surface area contributed by atoms with E-state index in [9.17, 15) is 4.79 Å². The maximum Gasteiger partial charge on any atom is 0.224 e. The van der Waals surface area contributed by atoms with Crippen molar-refractivity contribution in [3.05, 3.63) is 24.3 Å². The van der Waals surface area contributed by atoms with Gasteiger partial charge in [0.25, 0.3) is 0 Å². The Morgan fingerprint density at radius 1 is 1.14 bits per heavy atom. The Morgan fingerprint density at radius 3 is 2.62 bits per heavy atom. The lowest BCUT2D eigenvalue weighted by Crippen LogP contribution is -2.35. The number of aromatic nitrogens is 3. The van der Waals surface area contributed by atoms with Crippen LogP contribution in [-0.2, 0) is 11.3 Å². The van der Waals surface area contributed by atoms with Gasteiger partial charge in [0.1, 0.15) is 12.7 Å². The molecule has 116 valence electrons. The molecule has 1 fully saturated rings. The smallest absolute Gasteiger partial charge is 0.224 e. The van der Waals surface area contributed by atoms with Gasteiger partial charge in [0, 0.05) is 45.7 Å². The summed E-state index contributed by atoms with van der Waals surface area (Å²) in [6, 6.07) is 0. The van der Waals surface area contributed by atoms with E-state index in [1.165, 1.54) is 5.57 Å². The van der Waals surface area contributed by atoms with Crippen molar-refractivity contribution < 1.29 is 4.79 Å². The van der Waals surface area contributed by atoms with Gasteiger partial charge in [-0.25, -0.2) is 0 Å². The zero-order valence-corrected chi connectivity index (χ0v) is 13.0. The molecule has 1 aromatic rings. The summed E-state index contributed by atoms with van der Waals surface area (Å²) in [4.78, 5) is 16.7. The normalized spacial score (nSPS) is 16.6. The molecule has 0 aromatic carbocycles. The Balaban J connectivity index is 1.76. The van der Waals surface area contributed by atoms with Gasteiger partial charge in [-0.1, -0.05) is 11.6 Å². The maximum absolute atomic E-state index is 12.3. The van der Waals surface area contributed by atoms with Gasteiger partial charge in [0.15, 0.2) is 0 Å². The van der Waals surface area contributed by atoms with Crippen molar-refractivity contribution in [1.29, 1.82) is 0 Å². The Kier molecular flexibility index (Phi) is 5.92. The minimum atomic E-state index is 0.229. The summed E-state index contributed by atoms with van der Waals surface area (Å²) in [6.07, 6.45) is 7.12. The van der Waals surface area contributed by atoms with E-state index in [1.807, 2.05) is 9.47 Å². The van der Waals surface area contributed by atoms with Gasteiger partial charge in [-0.05, 0) is 20.3 Å². The summed E-state index contributed by atoms with van der Waals surface area (Å²) >= 11 is 0. The molecule has 0 saturated carbocycles. The highest BCUT2D eigenvalue weighted by molar-refractivity contribution is 5.76. The molecule has 6 heteroatoms. The highest BCUT2D eigenvalue weighted by atomic mass is 16.2. The summed E-state index contributed by atoms with van der Waals surface area (Å²) in [6.45, 7) is 9.62. The monoisotopic (exact) mass is 291 g/mol. The fourth-order valence-corrected chi connectivity index (χ4v) is 2.43. The molecule has 0 atom stereocenters. The van der Waals surface area contributed by atoms with Crippen molar-refractivity contribution in [2.75, 3.05) is 32.7 Å². The fourth-order valence-electron chi connectivity index (χ4n) is 2.43. The van der Waals surface area contributed by atoms with Crippen molar-refractivity contribution in [2.24, 2.45) is 0 Å². The predicted molar refractivity (Wildman–Crippen MR) is 81.7 cm³/mol. The van der Waals surface area contributed by atoms with E-state index in [0.29, 0.717) is 13.0 Å². The van der Waals surface area contributed by atoms with Gasteiger partial charge in [0.05, 0.1) is 0 Å². The molecule has 0 radical (unpaired) electrons.